The van der Waals surface area contributed by atoms with Crippen LogP contribution in [-0.4, -0.2) is 80.7 Å². The van der Waals surface area contributed by atoms with Gasteiger partial charge >= 0.3 is 0 Å². The highest BCUT2D eigenvalue weighted by Gasteiger charge is 2.28. The third-order valence-electron chi connectivity index (χ3n) is 3.02. The summed E-state index contributed by atoms with van der Waals surface area (Å²) in [6.07, 6.45) is 0. The minimum absolute atomic E-state index is 0. The number of hydrogen-bond donors (Lipinski definition) is 0. The second-order valence-corrected chi connectivity index (χ2v) is 7.88. The van der Waals surface area contributed by atoms with Crippen molar-refractivity contribution in [1.29, 1.82) is 0 Å². The highest BCUT2D eigenvalue weighted by Crippen LogP contribution is 2.20. The van der Waals surface area contributed by atoms with Crippen LogP contribution in [0.1, 0.15) is 21.3 Å². The number of halogens is 3. The van der Waals surface area contributed by atoms with Crippen LogP contribution in [-0.2, 0) is 9.47 Å². The fraction of sp³-hybridized carbons (Fsp3) is 1.00. The second-order valence-electron chi connectivity index (χ2n) is 6.59. The molecule has 0 aromatic heterocycles. The molecule has 7 heteroatoms. The lowest BCUT2D eigenvalue weighted by molar-refractivity contribution is -0.262. The van der Waals surface area contributed by atoms with E-state index in [1.807, 2.05) is 13.8 Å². The summed E-state index contributed by atoms with van der Waals surface area (Å²) in [4.78, 5) is 4.36. The zero-order valence-electron chi connectivity index (χ0n) is 14.8. The smallest absolute Gasteiger partial charge is 0.162 e. The van der Waals surface area contributed by atoms with Crippen LogP contribution in [0.4, 0.5) is 0 Å². The molecule has 1 saturated heterocycles. The van der Waals surface area contributed by atoms with Crippen LogP contribution >= 0.6 is 48.8 Å². The van der Waals surface area contributed by atoms with Crippen molar-refractivity contribution in [2.75, 3.05) is 65.2 Å². The topological polar surface area (TPSA) is 24.9 Å². The van der Waals surface area contributed by atoms with Gasteiger partial charge in [-0.3, -0.25) is 0 Å². The molecular formula is C16H37Br3N2O2. The zero-order valence-corrected chi connectivity index (χ0v) is 19.7. The summed E-state index contributed by atoms with van der Waals surface area (Å²) in [6.45, 7) is 7.72. The van der Waals surface area contributed by atoms with Gasteiger partial charge in [0.25, 0.3) is 0 Å². The van der Waals surface area contributed by atoms with Crippen molar-refractivity contribution in [3.63, 3.8) is 0 Å². The highest BCUT2D eigenvalue weighted by molar-refractivity contribution is 9.09. The van der Waals surface area contributed by atoms with Crippen molar-refractivity contribution in [3.8, 4) is 0 Å². The van der Waals surface area contributed by atoms with Crippen LogP contribution in [0.5, 0.6) is 0 Å². The van der Waals surface area contributed by atoms with Crippen molar-refractivity contribution in [2.45, 2.75) is 27.1 Å². The first-order chi connectivity index (χ1) is 9.70. The summed E-state index contributed by atoms with van der Waals surface area (Å²) < 4.78 is 11.1. The molecule has 1 aliphatic rings. The third kappa shape index (κ3) is 16.5. The Bertz CT molecular complexity index is 254. The number of nitrogens with zero attached hydrogens (tertiary/aromatic N) is 2. The van der Waals surface area contributed by atoms with Crippen molar-refractivity contribution >= 4 is 48.8 Å². The van der Waals surface area contributed by atoms with Crippen LogP contribution in [0, 0.1) is 11.8 Å². The quantitative estimate of drug-likeness (QED) is 0.484. The minimum atomic E-state index is -0.372. The van der Waals surface area contributed by atoms with Gasteiger partial charge in [0.2, 0.25) is 0 Å². The number of hydrogen-bond acceptors (Lipinski definition) is 4. The summed E-state index contributed by atoms with van der Waals surface area (Å²) in [7, 11) is 8.33. The zero-order chi connectivity index (χ0) is 16.5. The molecule has 1 heterocycles. The molecule has 0 aliphatic carbocycles. The third-order valence-corrected chi connectivity index (χ3v) is 4.85. The molecule has 1 aliphatic heterocycles. The maximum atomic E-state index is 5.53. The molecule has 0 aromatic rings. The number of rotatable bonds is 6. The lowest BCUT2D eigenvalue weighted by Gasteiger charge is -2.35. The number of alkyl halides is 2. The summed E-state index contributed by atoms with van der Waals surface area (Å²) in [5.74, 6) is 0.885. The molecule has 0 N–H and O–H groups in total. The Balaban J connectivity index is -0.000000332. The number of ether oxygens (including phenoxy) is 2. The lowest BCUT2D eigenvalue weighted by atomic mass is 10.1. The summed E-state index contributed by atoms with van der Waals surface area (Å²) in [5.41, 5.74) is 0. The van der Waals surface area contributed by atoms with E-state index in [4.69, 9.17) is 9.47 Å². The summed E-state index contributed by atoms with van der Waals surface area (Å²) >= 11 is 6.90. The Kier molecular flexibility index (Phi) is 19.6. The van der Waals surface area contributed by atoms with Gasteiger partial charge in [-0.2, -0.15) is 0 Å². The fourth-order valence-electron chi connectivity index (χ4n) is 2.00. The first-order valence-electron chi connectivity index (χ1n) is 7.39. The molecule has 1 fully saturated rings. The van der Waals surface area contributed by atoms with Crippen LogP contribution in [0.3, 0.4) is 0 Å². The predicted octanol–water partition coefficient (Wildman–Crippen LogP) is 4.12. The van der Waals surface area contributed by atoms with Crippen LogP contribution in [0.2, 0.25) is 0 Å². The van der Waals surface area contributed by atoms with E-state index < -0.39 is 0 Å². The predicted molar refractivity (Wildman–Crippen MR) is 115 cm³/mol. The van der Waals surface area contributed by atoms with E-state index in [9.17, 15) is 0 Å². The van der Waals surface area contributed by atoms with Crippen LogP contribution in [0.25, 0.3) is 0 Å². The molecule has 0 atom stereocenters. The van der Waals surface area contributed by atoms with Crippen LogP contribution in [0.15, 0.2) is 0 Å². The molecule has 0 spiro atoms. The van der Waals surface area contributed by atoms with Crippen molar-refractivity contribution in [2.24, 2.45) is 11.8 Å². The van der Waals surface area contributed by atoms with E-state index >= 15 is 0 Å². The van der Waals surface area contributed by atoms with E-state index in [2.05, 4.69) is 69.9 Å². The minimum Gasteiger partial charge on any atom is -0.350 e. The van der Waals surface area contributed by atoms with Gasteiger partial charge in [0.05, 0.1) is 13.2 Å². The van der Waals surface area contributed by atoms with Crippen molar-refractivity contribution in [3.05, 3.63) is 0 Å². The second kappa shape index (κ2) is 15.5. The highest BCUT2D eigenvalue weighted by atomic mass is 79.9. The fourth-order valence-corrected chi connectivity index (χ4v) is 3.49. The molecule has 0 aromatic carbocycles. The lowest BCUT2D eigenvalue weighted by Crippen LogP contribution is -2.42. The molecule has 4 nitrogen and oxygen atoms in total. The van der Waals surface area contributed by atoms with Gasteiger partial charge in [0, 0.05) is 29.7 Å². The molecule has 144 valence electrons. The van der Waals surface area contributed by atoms with E-state index in [0.717, 1.165) is 42.9 Å². The Hall–Kier alpha value is 1.28. The van der Waals surface area contributed by atoms with Crippen LogP contribution < -0.4 is 0 Å². The molecule has 0 saturated carbocycles. The van der Waals surface area contributed by atoms with E-state index in [0.29, 0.717) is 5.92 Å². The molecule has 0 amide bonds. The van der Waals surface area contributed by atoms with Gasteiger partial charge in [-0.25, -0.2) is 0 Å². The average Bonchev–Trinajstić information content (AvgIpc) is 2.38. The monoisotopic (exact) mass is 526 g/mol. The van der Waals surface area contributed by atoms with Gasteiger partial charge in [-0.1, -0.05) is 39.3 Å². The maximum absolute atomic E-state index is 5.53. The molecule has 23 heavy (non-hydrogen) atoms. The largest absolute Gasteiger partial charge is 0.350 e. The summed E-state index contributed by atoms with van der Waals surface area (Å²) in [5, 5.41) is 2.16. The van der Waals surface area contributed by atoms with Crippen molar-refractivity contribution in [1.82, 2.24) is 9.80 Å². The SMILES string of the molecule is Br.C.CN(C)CC(CBr)CBr.CN(C)CC1COC(C)(C)OC1. The first kappa shape index (κ1) is 29.1. The van der Waals surface area contributed by atoms with E-state index in [1.165, 1.54) is 0 Å². The first-order valence-corrected chi connectivity index (χ1v) is 9.63. The molecule has 0 radical (unpaired) electrons. The molecule has 0 bridgehead atoms. The average molecular weight is 529 g/mol. The molecule has 1 rings (SSSR count). The Morgan fingerprint density at radius 2 is 1.43 bits per heavy atom. The van der Waals surface area contributed by atoms with Gasteiger partial charge in [0.15, 0.2) is 5.79 Å². The Labute approximate surface area is 171 Å². The molecular weight excluding hydrogens is 492 g/mol. The Morgan fingerprint density at radius 1 is 1.00 bits per heavy atom. The maximum Gasteiger partial charge on any atom is 0.162 e. The standard InChI is InChI=1S/C9H19NO2.C6H13Br2N.CH4.BrH/c1-9(2)11-6-8(7-12-9)5-10(3)4;1-9(2)5-6(3-7)4-8;;/h8H,5-7H2,1-4H3;6H,3-5H2,1-2H3;1H4;1H. The van der Waals surface area contributed by atoms with Gasteiger partial charge in [0.1, 0.15) is 0 Å². The van der Waals surface area contributed by atoms with Gasteiger partial charge in [-0.05, 0) is 48.0 Å². The van der Waals surface area contributed by atoms with Crippen molar-refractivity contribution < 1.29 is 9.47 Å². The van der Waals surface area contributed by atoms with E-state index in [-0.39, 0.29) is 30.2 Å². The molecule has 0 unspecified atom stereocenters. The summed E-state index contributed by atoms with van der Waals surface area (Å²) in [6, 6.07) is 0. The van der Waals surface area contributed by atoms with Gasteiger partial charge < -0.3 is 19.3 Å². The van der Waals surface area contributed by atoms with E-state index in [1.54, 1.807) is 0 Å². The normalized spacial score (nSPS) is 17.3. The Morgan fingerprint density at radius 3 is 1.70 bits per heavy atom. The van der Waals surface area contributed by atoms with Gasteiger partial charge in [-0.15, -0.1) is 17.0 Å².